The summed E-state index contributed by atoms with van der Waals surface area (Å²) in [6.45, 7) is 8.41. The van der Waals surface area contributed by atoms with Crippen LogP contribution in [0.15, 0.2) is 41.9 Å². The van der Waals surface area contributed by atoms with E-state index in [9.17, 15) is 0 Å². The first kappa shape index (κ1) is 13.5. The topological polar surface area (TPSA) is 27.7 Å². The lowest BCUT2D eigenvalue weighted by Gasteiger charge is -2.32. The van der Waals surface area contributed by atoms with Gasteiger partial charge in [-0.25, -0.2) is 0 Å². The Bertz CT molecular complexity index is 506. The minimum Gasteiger partial charge on any atom is -0.465 e. The van der Waals surface area contributed by atoms with E-state index < -0.39 is 0 Å². The number of ether oxygens (including phenoxy) is 3. The molecule has 0 aliphatic carbocycles. The van der Waals surface area contributed by atoms with Crippen LogP contribution in [0.3, 0.4) is 0 Å². The fourth-order valence-corrected chi connectivity index (χ4v) is 2.67. The van der Waals surface area contributed by atoms with Crippen LogP contribution < -0.4 is 0 Å². The van der Waals surface area contributed by atoms with E-state index in [0.717, 1.165) is 12.0 Å². The number of rotatable bonds is 1. The monoisotopic (exact) mass is 274 g/mol. The van der Waals surface area contributed by atoms with E-state index in [-0.39, 0.29) is 11.0 Å². The Kier molecular flexibility index (Phi) is 3.25. The lowest BCUT2D eigenvalue weighted by Crippen LogP contribution is -2.31. The number of hydrogen-bond donors (Lipinski definition) is 0. The fourth-order valence-electron chi connectivity index (χ4n) is 2.67. The van der Waals surface area contributed by atoms with Crippen LogP contribution in [0.2, 0.25) is 0 Å². The summed E-state index contributed by atoms with van der Waals surface area (Å²) < 4.78 is 17.6. The quantitative estimate of drug-likeness (QED) is 0.783. The van der Waals surface area contributed by atoms with Gasteiger partial charge in [-0.15, -0.1) is 0 Å². The highest BCUT2D eigenvalue weighted by atomic mass is 16.7. The van der Waals surface area contributed by atoms with Crippen LogP contribution in [-0.2, 0) is 19.8 Å². The van der Waals surface area contributed by atoms with Gasteiger partial charge >= 0.3 is 0 Å². The second-order valence-corrected chi connectivity index (χ2v) is 6.69. The Balaban J connectivity index is 1.77. The van der Waals surface area contributed by atoms with Crippen LogP contribution in [0.5, 0.6) is 0 Å². The van der Waals surface area contributed by atoms with Gasteiger partial charge in [-0.1, -0.05) is 44.2 Å². The molecule has 1 aromatic carbocycles. The molecule has 0 aromatic heterocycles. The zero-order valence-electron chi connectivity index (χ0n) is 12.4. The molecule has 0 amide bonds. The molecule has 2 aliphatic heterocycles. The summed E-state index contributed by atoms with van der Waals surface area (Å²) in [6, 6.07) is 10.3. The Hall–Kier alpha value is -1.48. The van der Waals surface area contributed by atoms with Gasteiger partial charge in [-0.2, -0.15) is 0 Å². The molecule has 3 nitrogen and oxygen atoms in total. The van der Waals surface area contributed by atoms with Gasteiger partial charge in [0.1, 0.15) is 0 Å². The highest BCUT2D eigenvalue weighted by Gasteiger charge is 2.38. The summed E-state index contributed by atoms with van der Waals surface area (Å²) in [5, 5.41) is 0. The zero-order valence-corrected chi connectivity index (χ0v) is 12.4. The Morgan fingerprint density at radius 2 is 1.60 bits per heavy atom. The molecule has 2 saturated heterocycles. The third-order valence-corrected chi connectivity index (χ3v) is 3.98. The smallest absolute Gasteiger partial charge is 0.280 e. The van der Waals surface area contributed by atoms with Crippen molar-refractivity contribution in [3.05, 3.63) is 47.4 Å². The van der Waals surface area contributed by atoms with Crippen molar-refractivity contribution >= 4 is 0 Å². The van der Waals surface area contributed by atoms with Crippen molar-refractivity contribution < 1.29 is 14.2 Å². The molecular formula is C17H22O3. The predicted octanol–water partition coefficient (Wildman–Crippen LogP) is 3.61. The van der Waals surface area contributed by atoms with E-state index >= 15 is 0 Å². The molecule has 0 saturated carbocycles. The molecular weight excluding hydrogens is 252 g/mol. The first-order chi connectivity index (χ1) is 9.49. The van der Waals surface area contributed by atoms with Crippen molar-refractivity contribution in [2.24, 2.45) is 5.41 Å². The van der Waals surface area contributed by atoms with Gasteiger partial charge in [0.05, 0.1) is 25.4 Å². The summed E-state index contributed by atoms with van der Waals surface area (Å²) in [5.74, 6) is 0.684. The molecule has 1 unspecified atom stereocenters. The van der Waals surface area contributed by atoms with Crippen molar-refractivity contribution in [2.45, 2.75) is 32.8 Å². The van der Waals surface area contributed by atoms with Gasteiger partial charge < -0.3 is 14.2 Å². The second kappa shape index (κ2) is 4.81. The van der Waals surface area contributed by atoms with Gasteiger partial charge in [0.2, 0.25) is 0 Å². The molecule has 0 radical (unpaired) electrons. The van der Waals surface area contributed by atoms with Crippen LogP contribution in [0.25, 0.3) is 0 Å². The van der Waals surface area contributed by atoms with E-state index in [4.69, 9.17) is 14.2 Å². The SMILES string of the molecule is CC1(C)COC(=C2COC(C)(c3ccccc3)C2)OC1. The average molecular weight is 274 g/mol. The molecule has 2 aliphatic rings. The highest BCUT2D eigenvalue weighted by Crippen LogP contribution is 2.40. The van der Waals surface area contributed by atoms with Gasteiger partial charge in [0.15, 0.2) is 0 Å². The van der Waals surface area contributed by atoms with Crippen molar-refractivity contribution in [3.63, 3.8) is 0 Å². The van der Waals surface area contributed by atoms with E-state index in [1.165, 1.54) is 5.56 Å². The largest absolute Gasteiger partial charge is 0.465 e. The van der Waals surface area contributed by atoms with Crippen molar-refractivity contribution in [2.75, 3.05) is 19.8 Å². The van der Waals surface area contributed by atoms with Crippen LogP contribution >= 0.6 is 0 Å². The molecule has 1 aromatic rings. The van der Waals surface area contributed by atoms with Crippen LogP contribution in [0.1, 0.15) is 32.8 Å². The maximum Gasteiger partial charge on any atom is 0.280 e. The summed E-state index contributed by atoms with van der Waals surface area (Å²) >= 11 is 0. The third-order valence-electron chi connectivity index (χ3n) is 3.98. The maximum atomic E-state index is 6.03. The zero-order chi connectivity index (χ0) is 14.2. The Morgan fingerprint density at radius 3 is 2.25 bits per heavy atom. The molecule has 2 heterocycles. The summed E-state index contributed by atoms with van der Waals surface area (Å²) in [5.41, 5.74) is 2.15. The highest BCUT2D eigenvalue weighted by molar-refractivity contribution is 5.27. The normalized spacial score (nSPS) is 28.9. The molecule has 2 fully saturated rings. The van der Waals surface area contributed by atoms with Gasteiger partial charge in [-0.05, 0) is 12.5 Å². The molecule has 0 N–H and O–H groups in total. The summed E-state index contributed by atoms with van der Waals surface area (Å²) in [6.07, 6.45) is 0.826. The summed E-state index contributed by atoms with van der Waals surface area (Å²) in [4.78, 5) is 0. The fraction of sp³-hybridized carbons (Fsp3) is 0.529. The van der Waals surface area contributed by atoms with E-state index in [1.807, 2.05) is 18.2 Å². The van der Waals surface area contributed by atoms with E-state index in [1.54, 1.807) is 0 Å². The van der Waals surface area contributed by atoms with Crippen LogP contribution in [0, 0.1) is 5.41 Å². The third kappa shape index (κ3) is 2.55. The average Bonchev–Trinajstić information content (AvgIpc) is 2.84. The van der Waals surface area contributed by atoms with Gasteiger partial charge in [-0.3, -0.25) is 0 Å². The van der Waals surface area contributed by atoms with Crippen molar-refractivity contribution in [1.82, 2.24) is 0 Å². The number of hydrogen-bond acceptors (Lipinski definition) is 3. The maximum absolute atomic E-state index is 6.03. The van der Waals surface area contributed by atoms with Crippen LogP contribution in [-0.4, -0.2) is 19.8 Å². The Labute approximate surface area is 120 Å². The second-order valence-electron chi connectivity index (χ2n) is 6.69. The minimum atomic E-state index is -0.275. The van der Waals surface area contributed by atoms with Gasteiger partial charge in [0, 0.05) is 17.4 Å². The molecule has 3 heteroatoms. The molecule has 108 valence electrons. The lowest BCUT2D eigenvalue weighted by molar-refractivity contribution is -0.0878. The van der Waals surface area contributed by atoms with Gasteiger partial charge in [0.25, 0.3) is 5.95 Å². The molecule has 3 rings (SSSR count). The first-order valence-electron chi connectivity index (χ1n) is 7.16. The van der Waals surface area contributed by atoms with E-state index in [0.29, 0.717) is 25.8 Å². The minimum absolute atomic E-state index is 0.0895. The lowest BCUT2D eigenvalue weighted by atomic mass is 9.91. The molecule has 0 bridgehead atoms. The van der Waals surface area contributed by atoms with Crippen molar-refractivity contribution in [1.29, 1.82) is 0 Å². The number of benzene rings is 1. The standard InChI is InChI=1S/C17H22O3/c1-16(2)11-18-15(19-12-16)13-9-17(3,20-10-13)14-7-5-4-6-8-14/h4-8H,9-12H2,1-3H3. The Morgan fingerprint density at radius 1 is 0.950 bits per heavy atom. The van der Waals surface area contributed by atoms with Crippen LogP contribution in [0.4, 0.5) is 0 Å². The molecule has 20 heavy (non-hydrogen) atoms. The predicted molar refractivity (Wildman–Crippen MR) is 77.1 cm³/mol. The van der Waals surface area contributed by atoms with Crippen molar-refractivity contribution in [3.8, 4) is 0 Å². The molecule has 0 spiro atoms. The van der Waals surface area contributed by atoms with E-state index in [2.05, 4.69) is 32.9 Å². The molecule has 1 atom stereocenters. The summed E-state index contributed by atoms with van der Waals surface area (Å²) in [7, 11) is 0. The first-order valence-corrected chi connectivity index (χ1v) is 7.16.